The summed E-state index contributed by atoms with van der Waals surface area (Å²) in [5.74, 6) is 8.22. The molecule has 0 radical (unpaired) electrons. The molecule has 0 saturated carbocycles. The van der Waals surface area contributed by atoms with E-state index in [9.17, 15) is 5.11 Å². The molecule has 34 heavy (non-hydrogen) atoms. The first kappa shape index (κ1) is 21.9. The Morgan fingerprint density at radius 2 is 1.88 bits per heavy atom. The maximum Gasteiger partial charge on any atom is 0.206 e. The number of aromatic nitrogens is 4. The van der Waals surface area contributed by atoms with Crippen molar-refractivity contribution in [1.82, 2.24) is 25.1 Å². The summed E-state index contributed by atoms with van der Waals surface area (Å²) < 4.78 is 0. The minimum absolute atomic E-state index is 0.172. The maximum absolute atomic E-state index is 10.2. The molecule has 0 spiro atoms. The van der Waals surface area contributed by atoms with Crippen LogP contribution >= 0.6 is 0 Å². The van der Waals surface area contributed by atoms with Crippen LogP contribution in [0.4, 0.5) is 17.3 Å². The van der Waals surface area contributed by atoms with Crippen LogP contribution < -0.4 is 15.5 Å². The summed E-state index contributed by atoms with van der Waals surface area (Å²) >= 11 is 0. The molecule has 3 aromatic rings. The van der Waals surface area contributed by atoms with Crippen LogP contribution in [0.25, 0.3) is 11.3 Å². The van der Waals surface area contributed by atoms with Crippen molar-refractivity contribution in [1.29, 1.82) is 0 Å². The lowest BCUT2D eigenvalue weighted by molar-refractivity contribution is 0.464. The fraction of sp³-hybridized carbons (Fsp3) is 0.360. The maximum atomic E-state index is 10.2. The van der Waals surface area contributed by atoms with Crippen molar-refractivity contribution in [2.24, 2.45) is 0 Å². The Bertz CT molecular complexity index is 1240. The van der Waals surface area contributed by atoms with Gasteiger partial charge in [0.25, 0.3) is 0 Å². The molecule has 2 aliphatic rings. The van der Waals surface area contributed by atoms with Crippen molar-refractivity contribution >= 4 is 17.3 Å². The van der Waals surface area contributed by atoms with Gasteiger partial charge in [-0.3, -0.25) is 4.90 Å². The molecule has 2 atom stereocenters. The minimum atomic E-state index is 0.172. The number of piperazine rings is 1. The second-order valence-electron chi connectivity index (χ2n) is 8.99. The lowest BCUT2D eigenvalue weighted by atomic mass is 10.1. The van der Waals surface area contributed by atoms with E-state index in [0.717, 1.165) is 37.4 Å². The highest BCUT2D eigenvalue weighted by atomic mass is 16.3. The molecule has 9 heteroatoms. The van der Waals surface area contributed by atoms with Gasteiger partial charge in [-0.15, -0.1) is 10.2 Å². The molecule has 174 valence electrons. The van der Waals surface area contributed by atoms with E-state index in [1.165, 1.54) is 0 Å². The molecule has 2 aliphatic heterocycles. The van der Waals surface area contributed by atoms with Crippen LogP contribution in [-0.4, -0.2) is 76.0 Å². The number of hydrogen-bond acceptors (Lipinski definition) is 9. The van der Waals surface area contributed by atoms with Crippen molar-refractivity contribution in [3.63, 3.8) is 0 Å². The summed E-state index contributed by atoms with van der Waals surface area (Å²) in [6.07, 6.45) is 3.95. The summed E-state index contributed by atoms with van der Waals surface area (Å²) in [5.41, 5.74) is 8.35. The number of anilines is 3. The average molecular weight is 457 g/mol. The number of nitrogens with two attached hydrogens (primary N) is 1. The van der Waals surface area contributed by atoms with Crippen molar-refractivity contribution in [2.45, 2.75) is 24.9 Å². The number of aromatic hydroxyl groups is 1. The van der Waals surface area contributed by atoms with Crippen molar-refractivity contribution < 1.29 is 5.11 Å². The Morgan fingerprint density at radius 3 is 2.62 bits per heavy atom. The molecule has 2 saturated heterocycles. The van der Waals surface area contributed by atoms with E-state index < -0.39 is 0 Å². The molecule has 4 heterocycles. The van der Waals surface area contributed by atoms with E-state index >= 15 is 0 Å². The van der Waals surface area contributed by atoms with Crippen molar-refractivity contribution in [3.05, 3.63) is 48.4 Å². The van der Waals surface area contributed by atoms with Gasteiger partial charge in [-0.1, -0.05) is 18.1 Å². The number of nitrogen functional groups attached to an aromatic ring is 1. The van der Waals surface area contributed by atoms with Crippen LogP contribution in [0, 0.1) is 11.8 Å². The molecular weight excluding hydrogens is 428 g/mol. The summed E-state index contributed by atoms with van der Waals surface area (Å²) in [5, 5.41) is 18.7. The van der Waals surface area contributed by atoms with E-state index in [-0.39, 0.29) is 5.75 Å². The minimum Gasteiger partial charge on any atom is -0.507 e. The molecule has 9 nitrogen and oxygen atoms in total. The largest absolute Gasteiger partial charge is 0.507 e. The Labute approximate surface area is 199 Å². The second kappa shape index (κ2) is 9.15. The van der Waals surface area contributed by atoms with Gasteiger partial charge in [0.1, 0.15) is 11.6 Å². The van der Waals surface area contributed by atoms with Crippen LogP contribution in [0.1, 0.15) is 18.7 Å². The van der Waals surface area contributed by atoms with Gasteiger partial charge in [-0.05, 0) is 57.1 Å². The van der Waals surface area contributed by atoms with Gasteiger partial charge in [0.05, 0.1) is 17.9 Å². The number of hydrogen-bond donors (Lipinski definition) is 2. The molecule has 1 aromatic carbocycles. The molecule has 2 fully saturated rings. The normalized spacial score (nSPS) is 19.3. The first-order valence-corrected chi connectivity index (χ1v) is 11.4. The van der Waals surface area contributed by atoms with Gasteiger partial charge >= 0.3 is 0 Å². The van der Waals surface area contributed by atoms with Gasteiger partial charge in [0, 0.05) is 36.9 Å². The molecule has 3 N–H and O–H groups in total. The monoisotopic (exact) mass is 456 g/mol. The van der Waals surface area contributed by atoms with E-state index in [0.29, 0.717) is 41.5 Å². The zero-order valence-corrected chi connectivity index (χ0v) is 19.4. The number of benzene rings is 1. The van der Waals surface area contributed by atoms with Crippen LogP contribution in [0.3, 0.4) is 0 Å². The highest BCUT2D eigenvalue weighted by molar-refractivity contribution is 5.74. The predicted molar refractivity (Wildman–Crippen MR) is 133 cm³/mol. The first-order chi connectivity index (χ1) is 16.5. The van der Waals surface area contributed by atoms with Crippen LogP contribution in [0.2, 0.25) is 0 Å². The Balaban J connectivity index is 1.38. The number of nitrogens with zero attached hydrogens (tertiary/aromatic N) is 7. The summed E-state index contributed by atoms with van der Waals surface area (Å²) in [6, 6.07) is 11.6. The fourth-order valence-corrected chi connectivity index (χ4v) is 4.77. The smallest absolute Gasteiger partial charge is 0.206 e. The number of fused-ring (bicyclic) bond motifs is 2. The summed E-state index contributed by atoms with van der Waals surface area (Å²) in [4.78, 5) is 15.8. The third-order valence-corrected chi connectivity index (χ3v) is 6.31. The van der Waals surface area contributed by atoms with E-state index in [1.807, 2.05) is 43.3 Å². The molecule has 0 aliphatic carbocycles. The highest BCUT2D eigenvalue weighted by Crippen LogP contribution is 2.38. The number of para-hydroxylation sites is 1. The van der Waals surface area contributed by atoms with Crippen molar-refractivity contribution in [3.8, 4) is 28.8 Å². The zero-order chi connectivity index (χ0) is 23.7. The second-order valence-corrected chi connectivity index (χ2v) is 8.99. The number of phenols is 1. The van der Waals surface area contributed by atoms with Gasteiger partial charge in [0.2, 0.25) is 5.82 Å². The lowest BCUT2D eigenvalue weighted by Gasteiger charge is -2.42. The molecular formula is C25H28N8O. The quantitative estimate of drug-likeness (QED) is 0.570. The number of rotatable bonds is 4. The van der Waals surface area contributed by atoms with Crippen LogP contribution in [-0.2, 0) is 0 Å². The molecule has 0 unspecified atom stereocenters. The molecule has 5 rings (SSSR count). The van der Waals surface area contributed by atoms with Gasteiger partial charge < -0.3 is 20.6 Å². The standard InChI is InChI=1S/C25H28N8O/c1-31(2)13-5-8-23-27-12-11-24(28-23)33-17-9-10-18(33)16-32(15-17)21-14-20(29-30-25(21)26)19-6-3-4-7-22(19)34/h3-4,6-7,11-12,14,17-18,34H,9-10,13,15-16H2,1-2H3,(H2,26,30)/t17-,18+. The van der Waals surface area contributed by atoms with Crippen LogP contribution in [0.15, 0.2) is 42.6 Å². The Hall–Kier alpha value is -3.90. The lowest BCUT2D eigenvalue weighted by Crippen LogP contribution is -2.54. The zero-order valence-electron chi connectivity index (χ0n) is 19.4. The Kier molecular flexibility index (Phi) is 5.90. The first-order valence-electron chi connectivity index (χ1n) is 11.4. The van der Waals surface area contributed by atoms with Gasteiger partial charge in [-0.25, -0.2) is 9.97 Å². The van der Waals surface area contributed by atoms with Gasteiger partial charge in [-0.2, -0.15) is 0 Å². The highest BCUT2D eigenvalue weighted by Gasteiger charge is 2.41. The molecule has 2 aromatic heterocycles. The molecule has 0 amide bonds. The third kappa shape index (κ3) is 4.32. The van der Waals surface area contributed by atoms with Gasteiger partial charge in [0.15, 0.2) is 5.82 Å². The number of phenolic OH excluding ortho intramolecular Hbond substituents is 1. The van der Waals surface area contributed by atoms with E-state index in [2.05, 4.69) is 36.8 Å². The third-order valence-electron chi connectivity index (χ3n) is 6.31. The average Bonchev–Trinajstić information content (AvgIpc) is 3.09. The summed E-state index contributed by atoms with van der Waals surface area (Å²) in [6.45, 7) is 2.28. The van der Waals surface area contributed by atoms with Crippen LogP contribution in [0.5, 0.6) is 5.75 Å². The predicted octanol–water partition coefficient (Wildman–Crippen LogP) is 1.99. The fourth-order valence-electron chi connectivity index (χ4n) is 4.77. The van der Waals surface area contributed by atoms with E-state index in [1.54, 1.807) is 18.3 Å². The SMILES string of the molecule is CN(C)CC#Cc1nccc(N2[C@@H]3CC[C@H]2CN(c2cc(-c4ccccc4O)nnc2N)C3)n1. The van der Waals surface area contributed by atoms with E-state index in [4.69, 9.17) is 10.7 Å². The van der Waals surface area contributed by atoms with Crippen molar-refractivity contribution in [2.75, 3.05) is 49.3 Å². The summed E-state index contributed by atoms with van der Waals surface area (Å²) in [7, 11) is 3.97. The molecule has 2 bridgehead atoms. The Morgan fingerprint density at radius 1 is 1.12 bits per heavy atom. The topological polar surface area (TPSA) is 108 Å².